The smallest absolute Gasteiger partial charge is 0.0235 e. The van der Waals surface area contributed by atoms with Crippen LogP contribution in [0.3, 0.4) is 0 Å². The van der Waals surface area contributed by atoms with Crippen LogP contribution >= 0.6 is 11.6 Å². The Morgan fingerprint density at radius 1 is 1.17 bits per heavy atom. The molecular formula is C16H26ClN. The second-order valence-corrected chi connectivity index (χ2v) is 6.31. The molecule has 1 rings (SSSR count). The first-order valence-corrected chi connectivity index (χ1v) is 7.35. The van der Waals surface area contributed by atoms with E-state index < -0.39 is 0 Å². The molecule has 0 atom stereocenters. The quantitative estimate of drug-likeness (QED) is 0.606. The van der Waals surface area contributed by atoms with Gasteiger partial charge in [0.2, 0.25) is 0 Å². The van der Waals surface area contributed by atoms with Crippen molar-refractivity contribution in [2.24, 2.45) is 0 Å². The third-order valence-electron chi connectivity index (χ3n) is 3.27. The Kier molecular flexibility index (Phi) is 6.17. The molecule has 0 radical (unpaired) electrons. The Morgan fingerprint density at radius 2 is 1.89 bits per heavy atom. The molecule has 0 saturated carbocycles. The standard InChI is InChI=1S/C16H26ClN/c1-13-12-15(16(2,3)4)7-6-14(13)8-11-18-10-5-9-17/h6-7,12,18H,5,8-11H2,1-4H3. The Morgan fingerprint density at radius 3 is 2.44 bits per heavy atom. The van der Waals surface area contributed by atoms with Crippen molar-refractivity contribution < 1.29 is 0 Å². The zero-order chi connectivity index (χ0) is 13.6. The molecule has 0 spiro atoms. The van der Waals surface area contributed by atoms with Gasteiger partial charge in [0, 0.05) is 5.88 Å². The van der Waals surface area contributed by atoms with Crippen molar-refractivity contribution in [3.8, 4) is 0 Å². The highest BCUT2D eigenvalue weighted by Gasteiger charge is 2.14. The SMILES string of the molecule is Cc1cc(C(C)(C)C)ccc1CCNCCCCl. The lowest BCUT2D eigenvalue weighted by molar-refractivity contribution is 0.589. The van der Waals surface area contributed by atoms with E-state index in [0.29, 0.717) is 0 Å². The topological polar surface area (TPSA) is 12.0 Å². The Labute approximate surface area is 117 Å². The molecule has 0 fully saturated rings. The van der Waals surface area contributed by atoms with E-state index in [4.69, 9.17) is 11.6 Å². The maximum absolute atomic E-state index is 5.64. The van der Waals surface area contributed by atoms with Crippen LogP contribution in [0.5, 0.6) is 0 Å². The average molecular weight is 268 g/mol. The zero-order valence-electron chi connectivity index (χ0n) is 12.1. The summed E-state index contributed by atoms with van der Waals surface area (Å²) in [6.07, 6.45) is 2.14. The van der Waals surface area contributed by atoms with Gasteiger partial charge < -0.3 is 5.32 Å². The van der Waals surface area contributed by atoms with Crippen molar-refractivity contribution in [2.75, 3.05) is 19.0 Å². The first-order valence-electron chi connectivity index (χ1n) is 6.82. The van der Waals surface area contributed by atoms with Gasteiger partial charge in [-0.1, -0.05) is 39.0 Å². The summed E-state index contributed by atoms with van der Waals surface area (Å²) in [4.78, 5) is 0. The van der Waals surface area contributed by atoms with E-state index in [-0.39, 0.29) is 5.41 Å². The number of hydrogen-bond donors (Lipinski definition) is 1. The maximum atomic E-state index is 5.64. The molecule has 0 saturated heterocycles. The Balaban J connectivity index is 2.53. The van der Waals surface area contributed by atoms with Gasteiger partial charge in [-0.3, -0.25) is 0 Å². The van der Waals surface area contributed by atoms with E-state index in [9.17, 15) is 0 Å². The lowest BCUT2D eigenvalue weighted by Gasteiger charge is -2.20. The van der Waals surface area contributed by atoms with Crippen LogP contribution in [-0.2, 0) is 11.8 Å². The monoisotopic (exact) mass is 267 g/mol. The maximum Gasteiger partial charge on any atom is 0.0235 e. The minimum Gasteiger partial charge on any atom is -0.316 e. The molecule has 0 unspecified atom stereocenters. The summed E-state index contributed by atoms with van der Waals surface area (Å²) < 4.78 is 0. The lowest BCUT2D eigenvalue weighted by Crippen LogP contribution is -2.19. The molecule has 0 aliphatic rings. The first-order chi connectivity index (χ1) is 8.45. The van der Waals surface area contributed by atoms with Gasteiger partial charge in [-0.25, -0.2) is 0 Å². The predicted molar refractivity (Wildman–Crippen MR) is 81.8 cm³/mol. The lowest BCUT2D eigenvalue weighted by atomic mass is 9.85. The summed E-state index contributed by atoms with van der Waals surface area (Å²) in [5, 5.41) is 3.42. The van der Waals surface area contributed by atoms with Gasteiger partial charge >= 0.3 is 0 Å². The van der Waals surface area contributed by atoms with Crippen LogP contribution in [0.15, 0.2) is 18.2 Å². The van der Waals surface area contributed by atoms with E-state index in [1.165, 1.54) is 16.7 Å². The minimum absolute atomic E-state index is 0.238. The third kappa shape index (κ3) is 4.99. The van der Waals surface area contributed by atoms with Crippen molar-refractivity contribution in [2.45, 2.75) is 46.0 Å². The predicted octanol–water partition coefficient (Wildman–Crippen LogP) is 4.05. The van der Waals surface area contributed by atoms with Crippen LogP contribution in [0.1, 0.15) is 43.9 Å². The molecule has 102 valence electrons. The second kappa shape index (κ2) is 7.16. The highest BCUT2D eigenvalue weighted by atomic mass is 35.5. The summed E-state index contributed by atoms with van der Waals surface area (Å²) in [5.74, 6) is 0.742. The fourth-order valence-electron chi connectivity index (χ4n) is 1.98. The van der Waals surface area contributed by atoms with Crippen LogP contribution in [-0.4, -0.2) is 19.0 Å². The summed E-state index contributed by atoms with van der Waals surface area (Å²) >= 11 is 5.64. The molecule has 1 nitrogen and oxygen atoms in total. The minimum atomic E-state index is 0.238. The number of halogens is 1. The highest BCUT2D eigenvalue weighted by Crippen LogP contribution is 2.24. The van der Waals surface area contributed by atoms with Gasteiger partial charge in [0.25, 0.3) is 0 Å². The van der Waals surface area contributed by atoms with E-state index in [2.05, 4.69) is 51.2 Å². The molecule has 0 aromatic heterocycles. The molecule has 0 bridgehead atoms. The Bertz CT molecular complexity index is 366. The van der Waals surface area contributed by atoms with E-state index in [0.717, 1.165) is 31.8 Å². The number of aryl methyl sites for hydroxylation is 1. The zero-order valence-corrected chi connectivity index (χ0v) is 12.9. The number of alkyl halides is 1. The van der Waals surface area contributed by atoms with Gasteiger partial charge in [0.15, 0.2) is 0 Å². The second-order valence-electron chi connectivity index (χ2n) is 5.93. The molecule has 1 aromatic carbocycles. The number of rotatable bonds is 6. The van der Waals surface area contributed by atoms with Crippen molar-refractivity contribution in [1.82, 2.24) is 5.32 Å². The average Bonchev–Trinajstić information content (AvgIpc) is 2.29. The van der Waals surface area contributed by atoms with Crippen molar-refractivity contribution >= 4 is 11.6 Å². The fourth-order valence-corrected chi connectivity index (χ4v) is 2.12. The van der Waals surface area contributed by atoms with Gasteiger partial charge in [0.05, 0.1) is 0 Å². The summed E-state index contributed by atoms with van der Waals surface area (Å²) in [5.41, 5.74) is 4.50. The van der Waals surface area contributed by atoms with Crippen LogP contribution in [0.25, 0.3) is 0 Å². The van der Waals surface area contributed by atoms with Crippen molar-refractivity contribution in [1.29, 1.82) is 0 Å². The highest BCUT2D eigenvalue weighted by molar-refractivity contribution is 6.17. The third-order valence-corrected chi connectivity index (χ3v) is 3.53. The molecular weight excluding hydrogens is 242 g/mol. The van der Waals surface area contributed by atoms with Crippen LogP contribution in [0.4, 0.5) is 0 Å². The van der Waals surface area contributed by atoms with Crippen molar-refractivity contribution in [3.05, 3.63) is 34.9 Å². The fraction of sp³-hybridized carbons (Fsp3) is 0.625. The molecule has 0 aliphatic heterocycles. The van der Waals surface area contributed by atoms with Gasteiger partial charge in [-0.15, -0.1) is 11.6 Å². The van der Waals surface area contributed by atoms with Gasteiger partial charge in [0.1, 0.15) is 0 Å². The largest absolute Gasteiger partial charge is 0.316 e. The molecule has 18 heavy (non-hydrogen) atoms. The molecule has 2 heteroatoms. The Hall–Kier alpha value is -0.530. The molecule has 0 amide bonds. The van der Waals surface area contributed by atoms with Gasteiger partial charge in [-0.05, 0) is 55.0 Å². The number of nitrogens with one attached hydrogen (secondary N) is 1. The first kappa shape index (κ1) is 15.5. The molecule has 0 heterocycles. The molecule has 1 N–H and O–H groups in total. The van der Waals surface area contributed by atoms with Crippen LogP contribution < -0.4 is 5.32 Å². The van der Waals surface area contributed by atoms with Crippen LogP contribution in [0.2, 0.25) is 0 Å². The van der Waals surface area contributed by atoms with E-state index >= 15 is 0 Å². The van der Waals surface area contributed by atoms with E-state index in [1.807, 2.05) is 0 Å². The summed E-state index contributed by atoms with van der Waals surface area (Å²) in [7, 11) is 0. The summed E-state index contributed by atoms with van der Waals surface area (Å²) in [6, 6.07) is 6.87. The summed E-state index contributed by atoms with van der Waals surface area (Å²) in [6.45, 7) is 11.0. The number of hydrogen-bond acceptors (Lipinski definition) is 1. The van der Waals surface area contributed by atoms with E-state index in [1.54, 1.807) is 0 Å². The normalized spacial score (nSPS) is 11.8. The van der Waals surface area contributed by atoms with Crippen LogP contribution in [0, 0.1) is 6.92 Å². The van der Waals surface area contributed by atoms with Gasteiger partial charge in [-0.2, -0.15) is 0 Å². The number of benzene rings is 1. The molecule has 1 aromatic rings. The van der Waals surface area contributed by atoms with Crippen molar-refractivity contribution in [3.63, 3.8) is 0 Å². The molecule has 0 aliphatic carbocycles.